The minimum Gasteiger partial charge on any atom is -0.756 e. The summed E-state index contributed by atoms with van der Waals surface area (Å²) in [6.45, 7) is 16.4. The molecule has 0 aromatic carbocycles. The van der Waals surface area contributed by atoms with Gasteiger partial charge in [0.05, 0.1) is 40.6 Å². The van der Waals surface area contributed by atoms with Crippen LogP contribution in [0.2, 0.25) is 0 Å². The van der Waals surface area contributed by atoms with Gasteiger partial charge in [0, 0.05) is 25.7 Å². The van der Waals surface area contributed by atoms with Gasteiger partial charge in [0.25, 0.3) is 7.82 Å². The Hall–Kier alpha value is -2.66. The maximum absolute atomic E-state index is 13.2. The fourth-order valence-corrected chi connectivity index (χ4v) is 14.6. The lowest BCUT2D eigenvalue weighted by atomic mass is 9.47. The van der Waals surface area contributed by atoms with E-state index in [1.54, 1.807) is 0 Å². The third-order valence-corrected chi connectivity index (χ3v) is 19.6. The van der Waals surface area contributed by atoms with Gasteiger partial charge >= 0.3 is 17.9 Å². The zero-order valence-electron chi connectivity index (χ0n) is 49.8. The van der Waals surface area contributed by atoms with Crippen LogP contribution in [0.1, 0.15) is 241 Å². The fraction of sp³-hybridized carbons (Fsp3) is 0.859. The quantitative estimate of drug-likeness (QED) is 0.0113. The molecule has 434 valence electrons. The first-order chi connectivity index (χ1) is 36.2. The predicted octanol–water partition coefficient (Wildman–Crippen LogP) is 14.7. The van der Waals surface area contributed by atoms with E-state index in [1.165, 1.54) is 95.5 Å². The third-order valence-electron chi connectivity index (χ3n) is 18.6. The van der Waals surface area contributed by atoms with Gasteiger partial charge in [-0.15, -0.1) is 0 Å². The number of allylic oxidation sites excluding steroid dienone is 1. The van der Waals surface area contributed by atoms with Crippen LogP contribution >= 0.6 is 7.82 Å². The number of rotatable bonds is 36. The van der Waals surface area contributed by atoms with Crippen LogP contribution in [-0.2, 0) is 42.2 Å². The van der Waals surface area contributed by atoms with Crippen molar-refractivity contribution in [1.29, 1.82) is 0 Å². The molecule has 0 saturated heterocycles. The third kappa shape index (κ3) is 22.8. The summed E-state index contributed by atoms with van der Waals surface area (Å²) >= 11 is 0. The summed E-state index contributed by atoms with van der Waals surface area (Å²) in [5.74, 6) is 16.0. The van der Waals surface area contributed by atoms with Gasteiger partial charge in [-0.1, -0.05) is 155 Å². The molecular weight excluding hydrogens is 974 g/mol. The molecule has 11 atom stereocenters. The van der Waals surface area contributed by atoms with Crippen molar-refractivity contribution in [3.63, 3.8) is 0 Å². The zero-order valence-corrected chi connectivity index (χ0v) is 50.7. The molecule has 3 fully saturated rings. The van der Waals surface area contributed by atoms with Crippen LogP contribution in [0.5, 0.6) is 0 Å². The Balaban J connectivity index is 1.16. The summed E-state index contributed by atoms with van der Waals surface area (Å²) in [7, 11) is 0.993. The number of nitrogens with zero attached hydrogens (tertiary/aromatic N) is 1. The number of hydrogen-bond donors (Lipinski definition) is 0. The molecule has 0 aromatic rings. The van der Waals surface area contributed by atoms with Crippen molar-refractivity contribution < 1.29 is 51.6 Å². The van der Waals surface area contributed by atoms with Crippen molar-refractivity contribution in [2.45, 2.75) is 253 Å². The normalized spacial score (nSPS) is 25.9. The molecule has 0 heterocycles. The summed E-state index contributed by atoms with van der Waals surface area (Å²) in [5, 5.41) is 0. The number of fused-ring (bicyclic) bond motifs is 5. The van der Waals surface area contributed by atoms with E-state index < -0.39 is 45.0 Å². The molecule has 2 unspecified atom stereocenters. The number of carbonyl (C=O) groups is 3. The summed E-state index contributed by atoms with van der Waals surface area (Å²) < 4.78 is 40.3. The number of likely N-dealkylation sites (N-methyl/N-ethyl adjacent to an activating group) is 1. The first kappa shape index (κ1) is 65.9. The average molecular weight is 1080 g/mol. The Labute approximate surface area is 463 Å². The number of unbranched alkanes of at least 4 members (excludes halogenated alkanes) is 14. The molecule has 12 heteroatoms. The molecule has 0 spiro atoms. The second kappa shape index (κ2) is 33.8. The Bertz CT molecular complexity index is 1960. The average Bonchev–Trinajstić information content (AvgIpc) is 3.73. The maximum atomic E-state index is 13.2. The number of quaternary nitrogens is 1. The molecule has 4 aliphatic carbocycles. The summed E-state index contributed by atoms with van der Waals surface area (Å²) in [6.07, 6.45) is 31.5. The second-order valence-corrected chi connectivity index (χ2v) is 27.1. The van der Waals surface area contributed by atoms with E-state index in [4.69, 9.17) is 23.3 Å². The van der Waals surface area contributed by atoms with E-state index in [2.05, 4.69) is 78.2 Å². The van der Waals surface area contributed by atoms with E-state index in [0.717, 1.165) is 113 Å². The SMILES string of the molecule is CCCCCCCCCCC#CC#CCCCCCCCCC(=O)OC(COC(=O)CCC(=O)O[C@H]1CC[C@@]2(C)C(=CC[C@H]3[C@@H]4CC[C@H]([C@H](C)CC[C@@H](CC)C(C)C)[C@@]4(C)CC[C@@H]32)C1)COP(=O)([O-])OCC[N+](C)(C)C. The van der Waals surface area contributed by atoms with Crippen LogP contribution < -0.4 is 4.89 Å². The fourth-order valence-electron chi connectivity index (χ4n) is 13.8. The van der Waals surface area contributed by atoms with Gasteiger partial charge < -0.3 is 32.6 Å². The molecule has 0 N–H and O–H groups in total. The van der Waals surface area contributed by atoms with Crippen molar-refractivity contribution in [3.8, 4) is 23.7 Å². The standard InChI is InChI=1S/C64H108NO10P/c1-11-13-14-15-16-17-18-19-20-21-22-23-24-25-26-27-28-29-30-31-32-61(67)75-55(49-73-76(69,70)72-46-45-65(8,9)10)48-71-60(66)39-40-62(68)74-54-41-43-63(6)53(47-54)35-36-56-58-38-37-57(64(58,7)44-42-59(56)63)51(5)33-34-52(12-2)50(3)4/h35,50-52,54-59H,11-20,25-34,36-49H2,1-10H3/t51-,52-,54+,55?,56+,57-,58+,59+,63+,64-/m1/s1. The van der Waals surface area contributed by atoms with Gasteiger partial charge in [-0.3, -0.25) is 18.9 Å². The highest BCUT2D eigenvalue weighted by molar-refractivity contribution is 7.45. The van der Waals surface area contributed by atoms with Crippen LogP contribution in [0, 0.1) is 75.9 Å². The molecule has 0 amide bonds. The minimum atomic E-state index is -4.74. The van der Waals surface area contributed by atoms with Gasteiger partial charge in [0.1, 0.15) is 25.9 Å². The lowest BCUT2D eigenvalue weighted by molar-refractivity contribution is -0.870. The topological polar surface area (TPSA) is 137 Å². The Morgan fingerprint density at radius 1 is 0.737 bits per heavy atom. The molecule has 76 heavy (non-hydrogen) atoms. The van der Waals surface area contributed by atoms with Crippen LogP contribution in [-0.4, -0.2) is 82.1 Å². The van der Waals surface area contributed by atoms with Crippen molar-refractivity contribution in [2.24, 2.45) is 52.3 Å². The van der Waals surface area contributed by atoms with E-state index in [9.17, 15) is 23.8 Å². The molecule has 11 nitrogen and oxygen atoms in total. The number of hydrogen-bond acceptors (Lipinski definition) is 10. The first-order valence-electron chi connectivity index (χ1n) is 30.8. The summed E-state index contributed by atoms with van der Waals surface area (Å²) in [4.78, 5) is 51.7. The van der Waals surface area contributed by atoms with Crippen LogP contribution in [0.3, 0.4) is 0 Å². The van der Waals surface area contributed by atoms with Crippen molar-refractivity contribution >= 4 is 25.7 Å². The summed E-state index contributed by atoms with van der Waals surface area (Å²) in [5.41, 5.74) is 2.01. The van der Waals surface area contributed by atoms with E-state index >= 15 is 0 Å². The first-order valence-corrected chi connectivity index (χ1v) is 32.3. The van der Waals surface area contributed by atoms with Crippen LogP contribution in [0.15, 0.2) is 11.6 Å². The number of ether oxygens (including phenoxy) is 3. The van der Waals surface area contributed by atoms with Crippen LogP contribution in [0.4, 0.5) is 0 Å². The zero-order chi connectivity index (χ0) is 55.6. The molecule has 4 rings (SSSR count). The second-order valence-electron chi connectivity index (χ2n) is 25.6. The van der Waals surface area contributed by atoms with Crippen LogP contribution in [0.25, 0.3) is 0 Å². The molecule has 0 aliphatic heterocycles. The monoisotopic (exact) mass is 1080 g/mol. The van der Waals surface area contributed by atoms with Gasteiger partial charge in [-0.2, -0.15) is 0 Å². The lowest BCUT2D eigenvalue weighted by Crippen LogP contribution is -2.51. The molecule has 4 aliphatic rings. The smallest absolute Gasteiger partial charge is 0.306 e. The highest BCUT2D eigenvalue weighted by atomic mass is 31.2. The van der Waals surface area contributed by atoms with Crippen molar-refractivity contribution in [2.75, 3.05) is 47.5 Å². The molecule has 0 radical (unpaired) electrons. The predicted molar refractivity (Wildman–Crippen MR) is 304 cm³/mol. The number of phosphoric acid groups is 1. The lowest BCUT2D eigenvalue weighted by Gasteiger charge is -2.58. The molecule has 0 bridgehead atoms. The van der Waals surface area contributed by atoms with E-state index in [1.807, 2.05) is 21.1 Å². The van der Waals surface area contributed by atoms with Gasteiger partial charge in [0.15, 0.2) is 6.10 Å². The Kier molecular flexibility index (Phi) is 29.3. The largest absolute Gasteiger partial charge is 0.756 e. The van der Waals surface area contributed by atoms with Gasteiger partial charge in [-0.25, -0.2) is 0 Å². The van der Waals surface area contributed by atoms with Gasteiger partial charge in [0.2, 0.25) is 0 Å². The number of esters is 3. The Morgan fingerprint density at radius 2 is 1.37 bits per heavy atom. The molecule has 3 saturated carbocycles. The number of phosphoric ester groups is 1. The maximum Gasteiger partial charge on any atom is 0.306 e. The van der Waals surface area contributed by atoms with Crippen molar-refractivity contribution in [1.82, 2.24) is 0 Å². The van der Waals surface area contributed by atoms with Gasteiger partial charge in [-0.05, 0) is 135 Å². The van der Waals surface area contributed by atoms with E-state index in [-0.39, 0.29) is 37.4 Å². The highest BCUT2D eigenvalue weighted by Crippen LogP contribution is 2.67. The van der Waals surface area contributed by atoms with E-state index in [0.29, 0.717) is 28.8 Å². The molecule has 0 aromatic heterocycles. The molecular formula is C64H108NO10P. The van der Waals surface area contributed by atoms with Crippen molar-refractivity contribution in [3.05, 3.63) is 11.6 Å². The Morgan fingerprint density at radius 3 is 2.00 bits per heavy atom. The minimum absolute atomic E-state index is 0.0849. The number of carbonyl (C=O) groups excluding carboxylic acids is 3. The highest BCUT2D eigenvalue weighted by Gasteiger charge is 2.59. The summed E-state index contributed by atoms with van der Waals surface area (Å²) in [6, 6.07) is 0.